The second kappa shape index (κ2) is 6.45. The van der Waals surface area contributed by atoms with Crippen molar-refractivity contribution in [3.8, 4) is 5.75 Å². The molecule has 4 nitrogen and oxygen atoms in total. The standard InChI is InChI=1S/C15H23N3O/c1-4-17-15(16-2)18-10-9-13(11-18)12-5-7-14(19-3)8-6-12/h5-8,13H,4,9-11H2,1-3H3,(H,16,17). The second-order valence-electron chi connectivity index (χ2n) is 4.78. The van der Waals surface area contributed by atoms with E-state index in [1.54, 1.807) is 7.11 Å². The van der Waals surface area contributed by atoms with Crippen molar-refractivity contribution in [3.05, 3.63) is 29.8 Å². The van der Waals surface area contributed by atoms with E-state index in [2.05, 4.69) is 34.3 Å². The highest BCUT2D eigenvalue weighted by Gasteiger charge is 2.25. The zero-order chi connectivity index (χ0) is 13.7. The highest BCUT2D eigenvalue weighted by molar-refractivity contribution is 5.80. The average Bonchev–Trinajstić information content (AvgIpc) is 2.94. The van der Waals surface area contributed by atoms with Gasteiger partial charge in [0.2, 0.25) is 0 Å². The number of guanidine groups is 1. The number of nitrogens with one attached hydrogen (secondary N) is 1. The first-order chi connectivity index (χ1) is 9.28. The monoisotopic (exact) mass is 261 g/mol. The van der Waals surface area contributed by atoms with E-state index in [0.29, 0.717) is 5.92 Å². The van der Waals surface area contributed by atoms with Crippen LogP contribution in [0.1, 0.15) is 24.8 Å². The van der Waals surface area contributed by atoms with Gasteiger partial charge in [0.15, 0.2) is 5.96 Å². The van der Waals surface area contributed by atoms with Crippen molar-refractivity contribution in [3.63, 3.8) is 0 Å². The summed E-state index contributed by atoms with van der Waals surface area (Å²) in [5.41, 5.74) is 1.38. The second-order valence-corrected chi connectivity index (χ2v) is 4.78. The van der Waals surface area contributed by atoms with E-state index in [4.69, 9.17) is 4.74 Å². The van der Waals surface area contributed by atoms with Gasteiger partial charge in [-0.15, -0.1) is 0 Å². The molecule has 104 valence electrons. The maximum Gasteiger partial charge on any atom is 0.193 e. The molecule has 0 amide bonds. The Morgan fingerprint density at radius 1 is 1.42 bits per heavy atom. The van der Waals surface area contributed by atoms with E-state index in [0.717, 1.165) is 31.3 Å². The predicted molar refractivity (Wildman–Crippen MR) is 79.0 cm³/mol. The van der Waals surface area contributed by atoms with Gasteiger partial charge < -0.3 is 15.0 Å². The molecular weight excluding hydrogens is 238 g/mol. The molecule has 19 heavy (non-hydrogen) atoms. The minimum Gasteiger partial charge on any atom is -0.497 e. The number of benzene rings is 1. The molecule has 1 unspecified atom stereocenters. The Bertz CT molecular complexity index is 428. The summed E-state index contributed by atoms with van der Waals surface area (Å²) in [6.45, 7) is 5.11. The van der Waals surface area contributed by atoms with Gasteiger partial charge in [0.25, 0.3) is 0 Å². The molecule has 0 aliphatic carbocycles. The summed E-state index contributed by atoms with van der Waals surface area (Å²) < 4.78 is 5.20. The molecule has 0 saturated carbocycles. The molecule has 1 aromatic carbocycles. The van der Waals surface area contributed by atoms with Crippen molar-refractivity contribution in [1.29, 1.82) is 0 Å². The Hall–Kier alpha value is -1.71. The predicted octanol–water partition coefficient (Wildman–Crippen LogP) is 2.08. The normalized spacial score (nSPS) is 19.6. The summed E-state index contributed by atoms with van der Waals surface area (Å²) in [6.07, 6.45) is 1.18. The van der Waals surface area contributed by atoms with Crippen LogP contribution in [0.15, 0.2) is 29.3 Å². The van der Waals surface area contributed by atoms with Crippen molar-refractivity contribution >= 4 is 5.96 Å². The minimum atomic E-state index is 0.585. The summed E-state index contributed by atoms with van der Waals surface area (Å²) in [5.74, 6) is 2.52. The molecule has 0 spiro atoms. The molecule has 1 saturated heterocycles. The molecule has 0 bridgehead atoms. The van der Waals surface area contributed by atoms with Gasteiger partial charge in [-0.25, -0.2) is 0 Å². The zero-order valence-corrected chi connectivity index (χ0v) is 12.0. The third-order valence-corrected chi connectivity index (χ3v) is 3.62. The van der Waals surface area contributed by atoms with Crippen LogP contribution < -0.4 is 10.1 Å². The van der Waals surface area contributed by atoms with Crippen molar-refractivity contribution < 1.29 is 4.74 Å². The van der Waals surface area contributed by atoms with Gasteiger partial charge in [-0.1, -0.05) is 12.1 Å². The number of hydrogen-bond donors (Lipinski definition) is 1. The molecule has 1 aromatic rings. The zero-order valence-electron chi connectivity index (χ0n) is 12.0. The first kappa shape index (κ1) is 13.7. The molecule has 1 aliphatic rings. The lowest BCUT2D eigenvalue weighted by Crippen LogP contribution is -2.39. The number of nitrogens with zero attached hydrogens (tertiary/aromatic N) is 2. The highest BCUT2D eigenvalue weighted by Crippen LogP contribution is 2.28. The van der Waals surface area contributed by atoms with E-state index < -0.39 is 0 Å². The number of ether oxygens (including phenoxy) is 1. The maximum absolute atomic E-state index is 5.20. The van der Waals surface area contributed by atoms with Crippen molar-refractivity contribution in [2.45, 2.75) is 19.3 Å². The van der Waals surface area contributed by atoms with E-state index in [1.165, 1.54) is 12.0 Å². The third-order valence-electron chi connectivity index (χ3n) is 3.62. The molecule has 1 atom stereocenters. The van der Waals surface area contributed by atoms with Crippen LogP contribution in [0.2, 0.25) is 0 Å². The molecule has 1 N–H and O–H groups in total. The van der Waals surface area contributed by atoms with Crippen LogP contribution in [0, 0.1) is 0 Å². The lowest BCUT2D eigenvalue weighted by atomic mass is 9.98. The van der Waals surface area contributed by atoms with Gasteiger partial charge >= 0.3 is 0 Å². The van der Waals surface area contributed by atoms with Crippen LogP contribution in [0.4, 0.5) is 0 Å². The fourth-order valence-corrected chi connectivity index (χ4v) is 2.59. The average molecular weight is 261 g/mol. The van der Waals surface area contributed by atoms with Crippen LogP contribution in [0.25, 0.3) is 0 Å². The van der Waals surface area contributed by atoms with Crippen LogP contribution in [-0.4, -0.2) is 44.7 Å². The van der Waals surface area contributed by atoms with Crippen LogP contribution in [0.3, 0.4) is 0 Å². The van der Waals surface area contributed by atoms with Crippen LogP contribution >= 0.6 is 0 Å². The van der Waals surface area contributed by atoms with Gasteiger partial charge in [0, 0.05) is 32.6 Å². The summed E-state index contributed by atoms with van der Waals surface area (Å²) in [4.78, 5) is 6.66. The number of hydrogen-bond acceptors (Lipinski definition) is 2. The lowest BCUT2D eigenvalue weighted by molar-refractivity contribution is 0.414. The number of likely N-dealkylation sites (tertiary alicyclic amines) is 1. The molecule has 1 heterocycles. The van der Waals surface area contributed by atoms with E-state index >= 15 is 0 Å². The summed E-state index contributed by atoms with van der Waals surface area (Å²) in [5, 5.41) is 3.32. The fourth-order valence-electron chi connectivity index (χ4n) is 2.59. The first-order valence-electron chi connectivity index (χ1n) is 6.88. The molecule has 0 radical (unpaired) electrons. The Kier molecular flexibility index (Phi) is 4.66. The summed E-state index contributed by atoms with van der Waals surface area (Å²) >= 11 is 0. The van der Waals surface area contributed by atoms with Gasteiger partial charge in [-0.05, 0) is 31.0 Å². The summed E-state index contributed by atoms with van der Waals surface area (Å²) in [6, 6.07) is 8.42. The van der Waals surface area contributed by atoms with E-state index in [1.807, 2.05) is 19.2 Å². The van der Waals surface area contributed by atoms with Gasteiger partial charge in [-0.3, -0.25) is 4.99 Å². The van der Waals surface area contributed by atoms with Crippen LogP contribution in [-0.2, 0) is 0 Å². The SMILES string of the molecule is CCNC(=NC)N1CCC(c2ccc(OC)cc2)C1. The van der Waals surface area contributed by atoms with Crippen molar-refractivity contribution in [1.82, 2.24) is 10.2 Å². The molecule has 2 rings (SSSR count). The number of aliphatic imine (C=N–C) groups is 1. The smallest absolute Gasteiger partial charge is 0.193 e. The van der Waals surface area contributed by atoms with Gasteiger partial charge in [0.1, 0.15) is 5.75 Å². The summed E-state index contributed by atoms with van der Waals surface area (Å²) in [7, 11) is 3.55. The Morgan fingerprint density at radius 3 is 2.74 bits per heavy atom. The highest BCUT2D eigenvalue weighted by atomic mass is 16.5. The Morgan fingerprint density at radius 2 is 2.16 bits per heavy atom. The number of methoxy groups -OCH3 is 1. The molecule has 1 fully saturated rings. The third kappa shape index (κ3) is 3.19. The van der Waals surface area contributed by atoms with E-state index in [9.17, 15) is 0 Å². The van der Waals surface area contributed by atoms with Gasteiger partial charge in [-0.2, -0.15) is 0 Å². The topological polar surface area (TPSA) is 36.9 Å². The fraction of sp³-hybridized carbons (Fsp3) is 0.533. The van der Waals surface area contributed by atoms with E-state index in [-0.39, 0.29) is 0 Å². The number of rotatable bonds is 3. The maximum atomic E-state index is 5.20. The van der Waals surface area contributed by atoms with Gasteiger partial charge in [0.05, 0.1) is 7.11 Å². The van der Waals surface area contributed by atoms with Crippen LogP contribution in [0.5, 0.6) is 5.75 Å². The Balaban J connectivity index is 2.00. The largest absolute Gasteiger partial charge is 0.497 e. The first-order valence-corrected chi connectivity index (χ1v) is 6.88. The molecule has 4 heteroatoms. The van der Waals surface area contributed by atoms with Crippen molar-refractivity contribution in [2.75, 3.05) is 33.8 Å². The molecule has 0 aromatic heterocycles. The quantitative estimate of drug-likeness (QED) is 0.668. The Labute approximate surface area is 115 Å². The molecular formula is C15H23N3O. The lowest BCUT2D eigenvalue weighted by Gasteiger charge is -2.21. The molecule has 1 aliphatic heterocycles. The van der Waals surface area contributed by atoms with Crippen molar-refractivity contribution in [2.24, 2.45) is 4.99 Å². The minimum absolute atomic E-state index is 0.585.